The highest BCUT2D eigenvalue weighted by Gasteiger charge is 2.17. The molecule has 0 aliphatic heterocycles. The molecule has 3 aromatic heterocycles. The second-order valence-corrected chi connectivity index (χ2v) is 8.20. The van der Waals surface area contributed by atoms with Crippen molar-refractivity contribution in [2.45, 2.75) is 11.7 Å². The van der Waals surface area contributed by atoms with Gasteiger partial charge in [0.1, 0.15) is 0 Å². The van der Waals surface area contributed by atoms with E-state index in [0.717, 1.165) is 15.9 Å². The Bertz CT molecular complexity index is 824. The van der Waals surface area contributed by atoms with Crippen LogP contribution < -0.4 is 0 Å². The normalized spacial score (nSPS) is 10.8. The number of rotatable bonds is 8. The molecule has 8 heteroatoms. The summed E-state index contributed by atoms with van der Waals surface area (Å²) in [5.74, 6) is 1.22. The van der Waals surface area contributed by atoms with E-state index in [1.54, 1.807) is 28.7 Å². The Balaban J connectivity index is 1.63. The minimum atomic E-state index is 0.0685. The minimum Gasteiger partial charge on any atom is -0.333 e. The number of nitrogens with zero attached hydrogens (tertiary/aromatic N) is 4. The smallest absolute Gasteiger partial charge is 0.233 e. The van der Waals surface area contributed by atoms with E-state index in [1.807, 2.05) is 51.5 Å². The predicted octanol–water partition coefficient (Wildman–Crippen LogP) is 3.91. The van der Waals surface area contributed by atoms with Gasteiger partial charge in [0, 0.05) is 18.5 Å². The Labute approximate surface area is 159 Å². The van der Waals surface area contributed by atoms with Gasteiger partial charge in [-0.05, 0) is 22.9 Å². The summed E-state index contributed by atoms with van der Waals surface area (Å²) in [7, 11) is 1.93. The molecule has 5 nitrogen and oxygen atoms in total. The van der Waals surface area contributed by atoms with Crippen molar-refractivity contribution in [3.05, 3.63) is 52.6 Å². The Kier molecular flexibility index (Phi) is 6.06. The molecule has 0 atom stereocenters. The van der Waals surface area contributed by atoms with Crippen LogP contribution in [0, 0.1) is 0 Å². The third kappa shape index (κ3) is 4.39. The lowest BCUT2D eigenvalue weighted by atomic mass is 10.4. The number of aromatic nitrogens is 3. The first-order valence-corrected chi connectivity index (χ1v) is 10.4. The van der Waals surface area contributed by atoms with Crippen LogP contribution in [-0.2, 0) is 18.4 Å². The average Bonchev–Trinajstić information content (AvgIpc) is 3.34. The molecule has 0 spiro atoms. The molecule has 0 N–H and O–H groups in total. The number of thiophene rings is 2. The largest absolute Gasteiger partial charge is 0.333 e. The van der Waals surface area contributed by atoms with Gasteiger partial charge in [-0.15, -0.1) is 39.4 Å². The summed E-state index contributed by atoms with van der Waals surface area (Å²) in [6.45, 7) is 4.91. The zero-order valence-electron chi connectivity index (χ0n) is 13.8. The molecule has 0 radical (unpaired) electrons. The van der Waals surface area contributed by atoms with E-state index >= 15 is 0 Å². The van der Waals surface area contributed by atoms with E-state index in [0.29, 0.717) is 18.8 Å². The molecule has 130 valence electrons. The molecule has 25 heavy (non-hydrogen) atoms. The maximum Gasteiger partial charge on any atom is 0.233 e. The van der Waals surface area contributed by atoms with Gasteiger partial charge in [-0.1, -0.05) is 30.0 Å². The van der Waals surface area contributed by atoms with E-state index in [-0.39, 0.29) is 5.91 Å². The van der Waals surface area contributed by atoms with Crippen molar-refractivity contribution in [1.82, 2.24) is 19.7 Å². The Hall–Kier alpha value is -1.90. The van der Waals surface area contributed by atoms with Crippen molar-refractivity contribution in [1.29, 1.82) is 0 Å². The first kappa shape index (κ1) is 17.9. The minimum absolute atomic E-state index is 0.0685. The zero-order chi connectivity index (χ0) is 17.6. The third-order valence-electron chi connectivity index (χ3n) is 3.53. The van der Waals surface area contributed by atoms with E-state index in [2.05, 4.69) is 16.8 Å². The van der Waals surface area contributed by atoms with Gasteiger partial charge in [0.25, 0.3) is 0 Å². The SMILES string of the molecule is C=CCN(Cc1cccs1)C(=O)CSc1nnc(-c2cccs2)n1C. The maximum atomic E-state index is 12.6. The summed E-state index contributed by atoms with van der Waals surface area (Å²) >= 11 is 4.69. The van der Waals surface area contributed by atoms with E-state index in [9.17, 15) is 4.79 Å². The Morgan fingerprint density at radius 3 is 2.80 bits per heavy atom. The molecule has 0 aromatic carbocycles. The van der Waals surface area contributed by atoms with Crippen LogP contribution in [0.5, 0.6) is 0 Å². The topological polar surface area (TPSA) is 51.0 Å². The van der Waals surface area contributed by atoms with Crippen LogP contribution >= 0.6 is 34.4 Å². The molecule has 0 aliphatic rings. The number of thioether (sulfide) groups is 1. The lowest BCUT2D eigenvalue weighted by Gasteiger charge is -2.20. The fraction of sp³-hybridized carbons (Fsp3) is 0.235. The lowest BCUT2D eigenvalue weighted by molar-refractivity contribution is -0.128. The van der Waals surface area contributed by atoms with Crippen molar-refractivity contribution in [2.75, 3.05) is 12.3 Å². The van der Waals surface area contributed by atoms with Gasteiger partial charge in [-0.25, -0.2) is 0 Å². The lowest BCUT2D eigenvalue weighted by Crippen LogP contribution is -2.31. The molecule has 0 bridgehead atoms. The summed E-state index contributed by atoms with van der Waals surface area (Å²) in [5, 5.41) is 13.2. The summed E-state index contributed by atoms with van der Waals surface area (Å²) < 4.78 is 1.93. The van der Waals surface area contributed by atoms with Crippen LogP contribution in [-0.4, -0.2) is 37.9 Å². The summed E-state index contributed by atoms with van der Waals surface area (Å²) in [6, 6.07) is 8.04. The fourth-order valence-corrected chi connectivity index (χ4v) is 4.56. The molecule has 0 fully saturated rings. The van der Waals surface area contributed by atoms with E-state index < -0.39 is 0 Å². The van der Waals surface area contributed by atoms with Gasteiger partial charge in [0.15, 0.2) is 11.0 Å². The fourth-order valence-electron chi connectivity index (χ4n) is 2.28. The average molecular weight is 391 g/mol. The highest BCUT2D eigenvalue weighted by atomic mass is 32.2. The number of carbonyl (C=O) groups is 1. The molecule has 0 saturated carbocycles. The van der Waals surface area contributed by atoms with Gasteiger partial charge in [-0.2, -0.15) is 0 Å². The number of amides is 1. The molecule has 0 saturated heterocycles. The summed E-state index contributed by atoms with van der Waals surface area (Å²) in [4.78, 5) is 16.6. The van der Waals surface area contributed by atoms with Crippen molar-refractivity contribution in [2.24, 2.45) is 7.05 Å². The van der Waals surface area contributed by atoms with Crippen LogP contribution in [0.4, 0.5) is 0 Å². The van der Waals surface area contributed by atoms with Crippen LogP contribution in [0.1, 0.15) is 4.88 Å². The molecule has 0 unspecified atom stereocenters. The number of carbonyl (C=O) groups excluding carboxylic acids is 1. The summed E-state index contributed by atoms with van der Waals surface area (Å²) in [5.41, 5.74) is 0. The quantitative estimate of drug-likeness (QED) is 0.432. The van der Waals surface area contributed by atoms with Crippen LogP contribution in [0.3, 0.4) is 0 Å². The standard InChI is InChI=1S/C17H18N4OS3/c1-3-8-21(11-13-6-4-9-23-13)15(22)12-25-17-19-18-16(20(17)2)14-7-5-10-24-14/h3-7,9-10H,1,8,11-12H2,2H3. The van der Waals surface area contributed by atoms with Gasteiger partial charge in [0.2, 0.25) is 5.91 Å². The molecular weight excluding hydrogens is 372 g/mol. The van der Waals surface area contributed by atoms with Crippen molar-refractivity contribution in [3.63, 3.8) is 0 Å². The second kappa shape index (κ2) is 8.46. The van der Waals surface area contributed by atoms with E-state index in [1.165, 1.54) is 16.6 Å². The van der Waals surface area contributed by atoms with Crippen LogP contribution in [0.2, 0.25) is 0 Å². The molecule has 3 rings (SSSR count). The van der Waals surface area contributed by atoms with Gasteiger partial charge in [0.05, 0.1) is 17.2 Å². The number of hydrogen-bond acceptors (Lipinski definition) is 6. The molecule has 3 aromatic rings. The van der Waals surface area contributed by atoms with E-state index in [4.69, 9.17) is 0 Å². The van der Waals surface area contributed by atoms with Gasteiger partial charge in [-0.3, -0.25) is 4.79 Å². The molecule has 3 heterocycles. The van der Waals surface area contributed by atoms with Gasteiger partial charge < -0.3 is 9.47 Å². The highest BCUT2D eigenvalue weighted by molar-refractivity contribution is 7.99. The van der Waals surface area contributed by atoms with Crippen LogP contribution in [0.25, 0.3) is 10.7 Å². The third-order valence-corrected chi connectivity index (χ3v) is 6.26. The second-order valence-electron chi connectivity index (χ2n) is 5.27. The van der Waals surface area contributed by atoms with Crippen LogP contribution in [0.15, 0.2) is 52.8 Å². The van der Waals surface area contributed by atoms with Crippen molar-refractivity contribution < 1.29 is 4.79 Å². The Morgan fingerprint density at radius 1 is 1.32 bits per heavy atom. The Morgan fingerprint density at radius 2 is 2.12 bits per heavy atom. The molecular formula is C17H18N4OS3. The number of hydrogen-bond donors (Lipinski definition) is 0. The maximum absolute atomic E-state index is 12.6. The predicted molar refractivity (Wildman–Crippen MR) is 105 cm³/mol. The zero-order valence-corrected chi connectivity index (χ0v) is 16.2. The van der Waals surface area contributed by atoms with Gasteiger partial charge >= 0.3 is 0 Å². The monoisotopic (exact) mass is 390 g/mol. The molecule has 0 aliphatic carbocycles. The summed E-state index contributed by atoms with van der Waals surface area (Å²) in [6.07, 6.45) is 1.76. The first-order chi connectivity index (χ1) is 12.2. The van der Waals surface area contributed by atoms with Crippen molar-refractivity contribution in [3.8, 4) is 10.7 Å². The first-order valence-electron chi connectivity index (χ1n) is 7.66. The molecule has 1 amide bonds. The van der Waals surface area contributed by atoms with Crippen molar-refractivity contribution >= 4 is 40.3 Å². The highest BCUT2D eigenvalue weighted by Crippen LogP contribution is 2.26.